The number of amides is 3. The van der Waals surface area contributed by atoms with Gasteiger partial charge in [-0.05, 0) is 73.5 Å². The largest absolute Gasteiger partial charge is 0.491 e. The first-order valence-corrected chi connectivity index (χ1v) is 13.1. The number of aryl methyl sites for hydroxylation is 1. The number of carbonyl (C=O) groups excluding carboxylic acids is 2. The second-order valence-corrected chi connectivity index (χ2v) is 10.5. The van der Waals surface area contributed by atoms with E-state index in [1.165, 1.54) is 10.4 Å². The van der Waals surface area contributed by atoms with Crippen LogP contribution in [0.15, 0.2) is 60.0 Å². The maximum absolute atomic E-state index is 13.6. The summed E-state index contributed by atoms with van der Waals surface area (Å²) < 4.78 is 6.11. The van der Waals surface area contributed by atoms with Crippen LogP contribution in [0.1, 0.15) is 34.9 Å². The van der Waals surface area contributed by atoms with Crippen molar-refractivity contribution in [2.24, 2.45) is 0 Å². The normalized spacial score (nSPS) is 17.0. The third-order valence-electron chi connectivity index (χ3n) is 6.47. The number of halogens is 1. The van der Waals surface area contributed by atoms with Crippen LogP contribution in [0.2, 0.25) is 5.02 Å². The van der Waals surface area contributed by atoms with Gasteiger partial charge in [-0.2, -0.15) is 0 Å². The Kier molecular flexibility index (Phi) is 6.97. The first-order chi connectivity index (χ1) is 17.0. The third kappa shape index (κ3) is 5.63. The zero-order chi connectivity index (χ0) is 24.4. The van der Waals surface area contributed by atoms with E-state index in [-0.39, 0.29) is 30.6 Å². The lowest BCUT2D eigenvalue weighted by molar-refractivity contribution is -0.135. The molecule has 2 aliphatic rings. The highest BCUT2D eigenvalue weighted by atomic mass is 35.5. The molecule has 3 amide bonds. The maximum atomic E-state index is 13.6. The molecule has 5 rings (SSSR count). The van der Waals surface area contributed by atoms with Gasteiger partial charge in [-0.3, -0.25) is 4.79 Å². The van der Waals surface area contributed by atoms with Crippen LogP contribution in [0.25, 0.3) is 0 Å². The van der Waals surface area contributed by atoms with Crippen molar-refractivity contribution in [2.75, 3.05) is 25.0 Å². The van der Waals surface area contributed by atoms with Gasteiger partial charge < -0.3 is 19.9 Å². The number of carbonyl (C=O) groups is 2. The van der Waals surface area contributed by atoms with Gasteiger partial charge in [0, 0.05) is 28.2 Å². The van der Waals surface area contributed by atoms with E-state index < -0.39 is 0 Å². The number of nitrogens with zero attached hydrogens (tertiary/aromatic N) is 2. The summed E-state index contributed by atoms with van der Waals surface area (Å²) in [5.41, 5.74) is 2.93. The number of ether oxygens (including phenoxy) is 1. The van der Waals surface area contributed by atoms with Gasteiger partial charge in [0.25, 0.3) is 0 Å². The first-order valence-electron chi connectivity index (χ1n) is 11.9. The van der Waals surface area contributed by atoms with Gasteiger partial charge in [0.2, 0.25) is 5.91 Å². The van der Waals surface area contributed by atoms with Crippen LogP contribution in [-0.2, 0) is 11.2 Å². The van der Waals surface area contributed by atoms with Gasteiger partial charge >= 0.3 is 6.03 Å². The Morgan fingerprint density at radius 1 is 1.17 bits per heavy atom. The second-order valence-electron chi connectivity index (χ2n) is 9.08. The molecule has 1 fully saturated rings. The highest BCUT2D eigenvalue weighted by Gasteiger charge is 2.38. The predicted molar refractivity (Wildman–Crippen MR) is 139 cm³/mol. The molecule has 0 spiro atoms. The number of hydrogen-bond acceptors (Lipinski definition) is 4. The molecular weight excluding hydrogens is 482 g/mol. The van der Waals surface area contributed by atoms with Gasteiger partial charge in [0.1, 0.15) is 18.9 Å². The molecular formula is C27H28ClN3O3S. The Bertz CT molecular complexity index is 1210. The quantitative estimate of drug-likeness (QED) is 0.430. The Hall–Kier alpha value is -3.03. The van der Waals surface area contributed by atoms with Crippen molar-refractivity contribution in [3.8, 4) is 5.75 Å². The molecule has 2 heterocycles. The van der Waals surface area contributed by atoms with Crippen LogP contribution < -0.4 is 10.1 Å². The number of hydrogen-bond donors (Lipinski definition) is 1. The molecule has 1 aliphatic carbocycles. The molecule has 0 saturated heterocycles. The Morgan fingerprint density at radius 3 is 2.71 bits per heavy atom. The fraction of sp³-hybridized carbons (Fsp3) is 0.333. The number of nitrogens with one attached hydrogen (secondary N) is 1. The molecule has 0 bridgehead atoms. The second kappa shape index (κ2) is 10.3. The van der Waals surface area contributed by atoms with Crippen molar-refractivity contribution in [2.45, 2.75) is 38.3 Å². The zero-order valence-corrected chi connectivity index (χ0v) is 21.1. The lowest BCUT2D eigenvalue weighted by atomic mass is 10.0. The number of fused-ring (bicyclic) bond motifs is 1. The molecule has 182 valence electrons. The molecule has 1 N–H and O–H groups in total. The molecule has 1 aromatic heterocycles. The fourth-order valence-electron chi connectivity index (χ4n) is 4.44. The average molecular weight is 510 g/mol. The van der Waals surface area contributed by atoms with Crippen LogP contribution in [0.5, 0.6) is 5.75 Å². The topological polar surface area (TPSA) is 61.9 Å². The van der Waals surface area contributed by atoms with Crippen LogP contribution in [0, 0.1) is 6.92 Å². The molecule has 8 heteroatoms. The smallest absolute Gasteiger partial charge is 0.322 e. The number of rotatable bonds is 7. The molecule has 0 radical (unpaired) electrons. The number of benzene rings is 2. The minimum absolute atomic E-state index is 0.0393. The van der Waals surface area contributed by atoms with Crippen LogP contribution in [-0.4, -0.2) is 47.5 Å². The van der Waals surface area contributed by atoms with Crippen molar-refractivity contribution >= 4 is 40.6 Å². The molecule has 3 aromatic rings. The molecule has 1 saturated carbocycles. The summed E-state index contributed by atoms with van der Waals surface area (Å²) >= 11 is 7.79. The molecule has 1 aliphatic heterocycles. The van der Waals surface area contributed by atoms with E-state index in [2.05, 4.69) is 16.8 Å². The standard InChI is InChI=1S/C27H28ClN3O3S/c1-18-5-9-22(10-6-18)34-17-24-23-12-14-35-25(23)11-13-30(24)26(32)16-31(21-7-8-21)27(33)29-20-4-2-3-19(28)15-20/h2-6,9-10,12,14-15,21,24H,7-8,11,13,16-17H2,1H3,(H,29,33). The molecule has 1 atom stereocenters. The van der Waals surface area contributed by atoms with Gasteiger partial charge in [0.15, 0.2) is 0 Å². The highest BCUT2D eigenvalue weighted by molar-refractivity contribution is 7.10. The highest BCUT2D eigenvalue weighted by Crippen LogP contribution is 2.35. The SMILES string of the molecule is Cc1ccc(OCC2c3ccsc3CCN2C(=O)CN(C(=O)Nc2cccc(Cl)c2)C2CC2)cc1. The van der Waals surface area contributed by atoms with Crippen LogP contribution in [0.4, 0.5) is 10.5 Å². The number of thiophene rings is 1. The lowest BCUT2D eigenvalue weighted by Crippen LogP contribution is -2.49. The average Bonchev–Trinajstić information content (AvgIpc) is 3.57. The van der Waals surface area contributed by atoms with Gasteiger partial charge in [-0.15, -0.1) is 11.3 Å². The minimum atomic E-state index is -0.274. The number of urea groups is 1. The molecule has 1 unspecified atom stereocenters. The number of anilines is 1. The monoisotopic (exact) mass is 509 g/mol. The van der Waals surface area contributed by atoms with Crippen molar-refractivity contribution in [3.05, 3.63) is 81.0 Å². The maximum Gasteiger partial charge on any atom is 0.322 e. The van der Waals surface area contributed by atoms with E-state index in [9.17, 15) is 9.59 Å². The van der Waals surface area contributed by atoms with E-state index in [1.54, 1.807) is 40.5 Å². The van der Waals surface area contributed by atoms with Crippen LogP contribution in [0.3, 0.4) is 0 Å². The molecule has 6 nitrogen and oxygen atoms in total. The van der Waals surface area contributed by atoms with Crippen molar-refractivity contribution in [1.82, 2.24) is 9.80 Å². The summed E-state index contributed by atoms with van der Waals surface area (Å²) in [7, 11) is 0. The van der Waals surface area contributed by atoms with E-state index in [1.807, 2.05) is 36.1 Å². The molecule has 2 aromatic carbocycles. The van der Waals surface area contributed by atoms with Crippen molar-refractivity contribution in [3.63, 3.8) is 0 Å². The summed E-state index contributed by atoms with van der Waals surface area (Å²) in [6.45, 7) is 3.06. The Labute approximate surface area is 214 Å². The Balaban J connectivity index is 1.30. The zero-order valence-electron chi connectivity index (χ0n) is 19.6. The lowest BCUT2D eigenvalue weighted by Gasteiger charge is -2.37. The molecule has 35 heavy (non-hydrogen) atoms. The summed E-state index contributed by atoms with van der Waals surface area (Å²) in [6, 6.07) is 16.7. The summed E-state index contributed by atoms with van der Waals surface area (Å²) in [5.74, 6) is 0.721. The van der Waals surface area contributed by atoms with E-state index in [4.69, 9.17) is 16.3 Å². The van der Waals surface area contributed by atoms with E-state index in [0.717, 1.165) is 30.6 Å². The van der Waals surface area contributed by atoms with Crippen molar-refractivity contribution in [1.29, 1.82) is 0 Å². The summed E-state index contributed by atoms with van der Waals surface area (Å²) in [5, 5.41) is 5.52. The fourth-order valence-corrected chi connectivity index (χ4v) is 5.55. The minimum Gasteiger partial charge on any atom is -0.491 e. The van der Waals surface area contributed by atoms with Gasteiger partial charge in [-0.1, -0.05) is 35.4 Å². The predicted octanol–water partition coefficient (Wildman–Crippen LogP) is 5.91. The van der Waals surface area contributed by atoms with Crippen molar-refractivity contribution < 1.29 is 14.3 Å². The summed E-state index contributed by atoms with van der Waals surface area (Å²) in [6.07, 6.45) is 2.63. The van der Waals surface area contributed by atoms with E-state index in [0.29, 0.717) is 23.9 Å². The summed E-state index contributed by atoms with van der Waals surface area (Å²) in [4.78, 5) is 31.5. The van der Waals surface area contributed by atoms with Crippen LogP contribution >= 0.6 is 22.9 Å². The van der Waals surface area contributed by atoms with E-state index >= 15 is 0 Å². The Morgan fingerprint density at radius 2 is 1.97 bits per heavy atom. The van der Waals surface area contributed by atoms with Gasteiger partial charge in [0.05, 0.1) is 6.04 Å². The van der Waals surface area contributed by atoms with Gasteiger partial charge in [-0.25, -0.2) is 4.79 Å². The third-order valence-corrected chi connectivity index (χ3v) is 7.71. The first kappa shape index (κ1) is 23.7.